The standard InChI is InChI=1S/C77H150O17P2/c1-6-9-12-15-18-21-24-25-26-27-28-29-30-35-38-43-48-53-58-63-77(82)94-73(67-88-75(80)61-56-51-46-42-37-34-32-31-33-36-39-44-49-54-59-70(4)5)69-92-96(85,86)90-65-71(78)64-89-95(83,84)91-68-72(93-76(81)62-57-52-47-41-23-20-17-14-11-8-3)66-87-74(79)60-55-50-45-40-22-19-16-13-10-7-2/h70-73,78H,6-69H2,1-5H3,(H,83,84)(H,85,86)/t71-,72+,73+/m0/s1. The van der Waals surface area contributed by atoms with Crippen LogP contribution in [0.2, 0.25) is 0 Å². The molecule has 0 bridgehead atoms. The van der Waals surface area contributed by atoms with Gasteiger partial charge in [-0.1, -0.05) is 356 Å². The Hall–Kier alpha value is -1.94. The lowest BCUT2D eigenvalue weighted by Crippen LogP contribution is -2.30. The number of phosphoric acid groups is 2. The summed E-state index contributed by atoms with van der Waals surface area (Å²) in [6.45, 7) is 7.31. The molecule has 0 amide bonds. The van der Waals surface area contributed by atoms with Gasteiger partial charge in [-0.2, -0.15) is 0 Å². The van der Waals surface area contributed by atoms with Crippen LogP contribution in [0.25, 0.3) is 0 Å². The van der Waals surface area contributed by atoms with Gasteiger partial charge in [-0.15, -0.1) is 0 Å². The largest absolute Gasteiger partial charge is 0.472 e. The molecule has 19 heteroatoms. The minimum atomic E-state index is -4.96. The number of carbonyl (C=O) groups excluding carboxylic acids is 4. The Bertz CT molecular complexity index is 1840. The third-order valence-electron chi connectivity index (χ3n) is 18.0. The van der Waals surface area contributed by atoms with Crippen LogP contribution in [-0.2, 0) is 65.4 Å². The second kappa shape index (κ2) is 70.1. The predicted octanol–water partition coefficient (Wildman–Crippen LogP) is 22.9. The van der Waals surface area contributed by atoms with Gasteiger partial charge in [-0.25, -0.2) is 9.13 Å². The van der Waals surface area contributed by atoms with E-state index in [0.29, 0.717) is 25.7 Å². The molecular weight excluding hydrogens is 1260 g/mol. The quantitative estimate of drug-likeness (QED) is 0.0222. The van der Waals surface area contributed by atoms with Gasteiger partial charge < -0.3 is 33.8 Å². The highest BCUT2D eigenvalue weighted by atomic mass is 31.2. The molecule has 96 heavy (non-hydrogen) atoms. The molecular formula is C77H150O17P2. The Morgan fingerprint density at radius 2 is 0.479 bits per heavy atom. The Labute approximate surface area is 588 Å². The third-order valence-corrected chi connectivity index (χ3v) is 19.9. The molecule has 0 aliphatic rings. The SMILES string of the molecule is CCCCCCCCCCCCCCCCCCCCCC(=O)O[C@H](COC(=O)CCCCCCCCCCCCCCCCC(C)C)COP(=O)(O)OC[C@@H](O)COP(=O)(O)OC[C@@H](COC(=O)CCCCCCCCCCCC)OC(=O)CCCCCCCCCCCC. The number of esters is 4. The number of hydrogen-bond donors (Lipinski definition) is 3. The molecule has 0 saturated carbocycles. The fourth-order valence-corrected chi connectivity index (χ4v) is 13.5. The number of aliphatic hydroxyl groups is 1. The Morgan fingerprint density at radius 3 is 0.708 bits per heavy atom. The number of phosphoric ester groups is 2. The first kappa shape index (κ1) is 94.1. The zero-order valence-corrected chi connectivity index (χ0v) is 64.3. The third kappa shape index (κ3) is 70.5. The van der Waals surface area contributed by atoms with Crippen LogP contribution in [0.5, 0.6) is 0 Å². The van der Waals surface area contributed by atoms with Crippen molar-refractivity contribution in [2.45, 2.75) is 425 Å². The molecule has 2 unspecified atom stereocenters. The molecule has 0 heterocycles. The first-order valence-corrected chi connectivity index (χ1v) is 43.1. The van der Waals surface area contributed by atoms with Crippen molar-refractivity contribution in [2.75, 3.05) is 39.6 Å². The van der Waals surface area contributed by atoms with Crippen LogP contribution in [0, 0.1) is 5.92 Å². The normalized spacial score (nSPS) is 13.9. The van der Waals surface area contributed by atoms with E-state index in [1.165, 1.54) is 231 Å². The molecule has 0 aromatic carbocycles. The van der Waals surface area contributed by atoms with Crippen molar-refractivity contribution in [3.8, 4) is 0 Å². The summed E-state index contributed by atoms with van der Waals surface area (Å²) in [5.74, 6) is -1.31. The Kier molecular flexibility index (Phi) is 68.7. The van der Waals surface area contributed by atoms with Gasteiger partial charge in [0.25, 0.3) is 0 Å². The van der Waals surface area contributed by atoms with Crippen molar-refractivity contribution in [3.63, 3.8) is 0 Å². The summed E-state index contributed by atoms with van der Waals surface area (Å²) in [7, 11) is -9.91. The minimum absolute atomic E-state index is 0.107. The first-order valence-electron chi connectivity index (χ1n) is 40.1. The van der Waals surface area contributed by atoms with Gasteiger partial charge in [0.05, 0.1) is 26.4 Å². The molecule has 17 nitrogen and oxygen atoms in total. The Morgan fingerprint density at radius 1 is 0.281 bits per heavy atom. The topological polar surface area (TPSA) is 237 Å². The van der Waals surface area contributed by atoms with E-state index < -0.39 is 97.5 Å². The molecule has 570 valence electrons. The summed E-state index contributed by atoms with van der Waals surface area (Å²) in [5.41, 5.74) is 0. The lowest BCUT2D eigenvalue weighted by Gasteiger charge is -2.21. The van der Waals surface area contributed by atoms with Crippen LogP contribution < -0.4 is 0 Å². The molecule has 0 aromatic rings. The van der Waals surface area contributed by atoms with Gasteiger partial charge in [0.1, 0.15) is 19.3 Å². The van der Waals surface area contributed by atoms with Crippen LogP contribution in [0.4, 0.5) is 0 Å². The van der Waals surface area contributed by atoms with Gasteiger partial charge in [-0.05, 0) is 31.6 Å². The highest BCUT2D eigenvalue weighted by Crippen LogP contribution is 2.45. The smallest absolute Gasteiger partial charge is 0.462 e. The molecule has 3 N–H and O–H groups in total. The number of carbonyl (C=O) groups is 4. The molecule has 5 atom stereocenters. The summed E-state index contributed by atoms with van der Waals surface area (Å²) < 4.78 is 68.5. The van der Waals surface area contributed by atoms with Gasteiger partial charge in [-0.3, -0.25) is 37.3 Å². The van der Waals surface area contributed by atoms with Crippen molar-refractivity contribution in [1.29, 1.82) is 0 Å². The highest BCUT2D eigenvalue weighted by molar-refractivity contribution is 7.47. The number of aliphatic hydroxyl groups excluding tert-OH is 1. The number of ether oxygens (including phenoxy) is 4. The van der Waals surface area contributed by atoms with E-state index in [1.54, 1.807) is 0 Å². The second-order valence-electron chi connectivity index (χ2n) is 28.2. The lowest BCUT2D eigenvalue weighted by molar-refractivity contribution is -0.161. The maximum absolute atomic E-state index is 13.1. The number of hydrogen-bond acceptors (Lipinski definition) is 15. The molecule has 0 aliphatic heterocycles. The van der Waals surface area contributed by atoms with Crippen molar-refractivity contribution >= 4 is 39.5 Å². The van der Waals surface area contributed by atoms with Gasteiger partial charge in [0, 0.05) is 25.7 Å². The summed E-state index contributed by atoms with van der Waals surface area (Å²) in [6, 6.07) is 0. The van der Waals surface area contributed by atoms with E-state index in [2.05, 4.69) is 34.6 Å². The van der Waals surface area contributed by atoms with E-state index in [4.69, 9.17) is 37.0 Å². The van der Waals surface area contributed by atoms with E-state index in [0.717, 1.165) is 95.8 Å². The average Bonchev–Trinajstić information content (AvgIpc) is 2.25. The molecule has 0 saturated heterocycles. The Balaban J connectivity index is 5.20. The molecule has 0 fully saturated rings. The van der Waals surface area contributed by atoms with E-state index in [9.17, 15) is 43.2 Å². The molecule has 0 radical (unpaired) electrons. The zero-order valence-electron chi connectivity index (χ0n) is 62.5. The summed E-state index contributed by atoms with van der Waals surface area (Å²) in [4.78, 5) is 72.8. The van der Waals surface area contributed by atoms with E-state index in [1.807, 2.05) is 0 Å². The average molecular weight is 1410 g/mol. The molecule has 0 rings (SSSR count). The number of unbranched alkanes of at least 4 members (excludes halogenated alkanes) is 49. The maximum atomic E-state index is 13.1. The van der Waals surface area contributed by atoms with E-state index >= 15 is 0 Å². The van der Waals surface area contributed by atoms with Gasteiger partial charge in [0.15, 0.2) is 12.2 Å². The van der Waals surface area contributed by atoms with Crippen LogP contribution in [0.3, 0.4) is 0 Å². The molecule has 0 aliphatic carbocycles. The highest BCUT2D eigenvalue weighted by Gasteiger charge is 2.30. The predicted molar refractivity (Wildman–Crippen MR) is 391 cm³/mol. The van der Waals surface area contributed by atoms with Crippen molar-refractivity contribution in [2.24, 2.45) is 5.92 Å². The van der Waals surface area contributed by atoms with Crippen molar-refractivity contribution in [1.82, 2.24) is 0 Å². The first-order chi connectivity index (χ1) is 46.5. The van der Waals surface area contributed by atoms with Crippen LogP contribution in [0.1, 0.15) is 407 Å². The summed E-state index contributed by atoms with van der Waals surface area (Å²) in [5, 5.41) is 10.6. The summed E-state index contributed by atoms with van der Waals surface area (Å²) >= 11 is 0. The van der Waals surface area contributed by atoms with Crippen LogP contribution >= 0.6 is 15.6 Å². The fraction of sp³-hybridized carbons (Fsp3) is 0.948. The van der Waals surface area contributed by atoms with Crippen LogP contribution in [-0.4, -0.2) is 96.7 Å². The zero-order chi connectivity index (χ0) is 70.5. The van der Waals surface area contributed by atoms with E-state index in [-0.39, 0.29) is 25.7 Å². The summed E-state index contributed by atoms with van der Waals surface area (Å²) in [6.07, 6.45) is 59.6. The number of rotatable bonds is 77. The lowest BCUT2D eigenvalue weighted by atomic mass is 10.0. The van der Waals surface area contributed by atoms with Crippen molar-refractivity contribution in [3.05, 3.63) is 0 Å². The fourth-order valence-electron chi connectivity index (χ4n) is 11.9. The van der Waals surface area contributed by atoms with Gasteiger partial charge >= 0.3 is 39.5 Å². The molecule has 0 spiro atoms. The maximum Gasteiger partial charge on any atom is 0.472 e. The van der Waals surface area contributed by atoms with Gasteiger partial charge in [0.2, 0.25) is 0 Å². The monoisotopic (exact) mass is 1410 g/mol. The minimum Gasteiger partial charge on any atom is -0.462 e. The van der Waals surface area contributed by atoms with Crippen LogP contribution in [0.15, 0.2) is 0 Å². The van der Waals surface area contributed by atoms with Crippen molar-refractivity contribution < 1.29 is 80.2 Å². The second-order valence-corrected chi connectivity index (χ2v) is 31.1. The molecule has 0 aromatic heterocycles.